The monoisotopic (exact) mass is 238 g/mol. The zero-order valence-electron chi connectivity index (χ0n) is 10.7. The Bertz CT molecular complexity index is 216. The van der Waals surface area contributed by atoms with Gasteiger partial charge in [0.2, 0.25) is 0 Å². The third-order valence-corrected chi connectivity index (χ3v) is 7.30. The molecular weight excluding hydrogens is 212 g/mol. The number of rotatable bonds is 1. The molecule has 0 nitrogen and oxygen atoms in total. The highest BCUT2D eigenvalue weighted by Gasteiger charge is 2.45. The first kappa shape index (κ1) is 11.4. The molecule has 4 atom stereocenters. The number of hydrogen-bond donors (Lipinski definition) is 0. The van der Waals surface area contributed by atoms with Gasteiger partial charge in [0.15, 0.2) is 0 Å². The van der Waals surface area contributed by atoms with Crippen molar-refractivity contribution in [2.24, 2.45) is 17.8 Å². The van der Waals surface area contributed by atoms with E-state index in [0.717, 1.165) is 28.3 Å². The molecule has 0 radical (unpaired) electrons. The van der Waals surface area contributed by atoms with Crippen LogP contribution in [0.5, 0.6) is 0 Å². The van der Waals surface area contributed by atoms with E-state index in [1.165, 1.54) is 44.9 Å². The Labute approximate surface area is 105 Å². The topological polar surface area (TPSA) is 0 Å². The van der Waals surface area contributed by atoms with Gasteiger partial charge < -0.3 is 0 Å². The molecule has 16 heavy (non-hydrogen) atoms. The van der Waals surface area contributed by atoms with Crippen LogP contribution in [0.2, 0.25) is 0 Å². The van der Waals surface area contributed by atoms with Crippen LogP contribution in [-0.4, -0.2) is 10.5 Å². The van der Waals surface area contributed by atoms with Gasteiger partial charge in [-0.3, -0.25) is 0 Å². The van der Waals surface area contributed by atoms with Gasteiger partial charge in [-0.2, -0.15) is 11.8 Å². The molecule has 0 amide bonds. The summed E-state index contributed by atoms with van der Waals surface area (Å²) in [5, 5.41) is 2.11. The second-order valence-corrected chi connectivity index (χ2v) is 7.66. The molecule has 0 aromatic rings. The number of fused-ring (bicyclic) bond motifs is 2. The largest absolute Gasteiger partial charge is 0.155 e. The van der Waals surface area contributed by atoms with Crippen molar-refractivity contribution in [2.45, 2.75) is 75.2 Å². The summed E-state index contributed by atoms with van der Waals surface area (Å²) < 4.78 is 0. The van der Waals surface area contributed by atoms with E-state index >= 15 is 0 Å². The second-order valence-electron chi connectivity index (χ2n) is 6.18. The van der Waals surface area contributed by atoms with E-state index in [9.17, 15) is 0 Å². The van der Waals surface area contributed by atoms with Crippen LogP contribution in [0.1, 0.15) is 64.7 Å². The summed E-state index contributed by atoms with van der Waals surface area (Å²) in [6, 6.07) is 0. The molecule has 0 aromatic carbocycles. The lowest BCUT2D eigenvalue weighted by atomic mass is 9.67. The van der Waals surface area contributed by atoms with Crippen LogP contribution in [0.3, 0.4) is 0 Å². The van der Waals surface area contributed by atoms with E-state index in [-0.39, 0.29) is 0 Å². The first-order valence-corrected chi connectivity index (χ1v) is 8.50. The molecule has 0 N–H and O–H groups in total. The summed E-state index contributed by atoms with van der Waals surface area (Å²) >= 11 is 2.42. The van der Waals surface area contributed by atoms with Crippen molar-refractivity contribution >= 4 is 11.8 Å². The Morgan fingerprint density at radius 3 is 1.81 bits per heavy atom. The van der Waals surface area contributed by atoms with Crippen LogP contribution in [0.15, 0.2) is 0 Å². The fraction of sp³-hybridized carbons (Fsp3) is 1.00. The van der Waals surface area contributed by atoms with E-state index in [4.69, 9.17) is 0 Å². The first-order valence-electron chi connectivity index (χ1n) is 7.55. The molecule has 2 aliphatic carbocycles. The molecule has 1 heterocycles. The van der Waals surface area contributed by atoms with Gasteiger partial charge in [-0.05, 0) is 43.4 Å². The zero-order valence-corrected chi connectivity index (χ0v) is 11.5. The molecule has 0 aromatic heterocycles. The summed E-state index contributed by atoms with van der Waals surface area (Å²) in [5.74, 6) is 3.29. The highest BCUT2D eigenvalue weighted by molar-refractivity contribution is 8.00. The summed E-state index contributed by atoms with van der Waals surface area (Å²) in [6.45, 7) is 2.46. The van der Waals surface area contributed by atoms with Crippen molar-refractivity contribution in [3.8, 4) is 0 Å². The number of hydrogen-bond acceptors (Lipinski definition) is 1. The maximum atomic E-state index is 2.46. The maximum Gasteiger partial charge on any atom is 0.00809 e. The van der Waals surface area contributed by atoms with E-state index < -0.39 is 0 Å². The van der Waals surface area contributed by atoms with Gasteiger partial charge in [-0.1, -0.05) is 39.0 Å². The molecular formula is C15H26S. The van der Waals surface area contributed by atoms with Crippen LogP contribution < -0.4 is 0 Å². The third kappa shape index (κ3) is 1.94. The Kier molecular flexibility index (Phi) is 3.52. The quantitative estimate of drug-likeness (QED) is 0.627. The molecule has 0 spiro atoms. The average Bonchev–Trinajstić information content (AvgIpc) is 2.36. The molecule has 1 saturated heterocycles. The highest BCUT2D eigenvalue weighted by atomic mass is 32.2. The van der Waals surface area contributed by atoms with Gasteiger partial charge in [-0.25, -0.2) is 0 Å². The average molecular weight is 238 g/mol. The molecule has 1 heteroatoms. The minimum atomic E-state index is 1.05. The summed E-state index contributed by atoms with van der Waals surface area (Å²) in [6.07, 6.45) is 13.7. The van der Waals surface area contributed by atoms with Crippen LogP contribution in [-0.2, 0) is 0 Å². The highest BCUT2D eigenvalue weighted by Crippen LogP contribution is 2.54. The van der Waals surface area contributed by atoms with Crippen LogP contribution in [0.25, 0.3) is 0 Å². The van der Waals surface area contributed by atoms with Crippen molar-refractivity contribution in [3.05, 3.63) is 0 Å². The maximum absolute atomic E-state index is 2.46. The molecule has 3 fully saturated rings. The van der Waals surface area contributed by atoms with E-state index in [1.54, 1.807) is 12.8 Å². The summed E-state index contributed by atoms with van der Waals surface area (Å²) in [7, 11) is 0. The fourth-order valence-electron chi connectivity index (χ4n) is 4.72. The third-order valence-electron chi connectivity index (χ3n) is 5.43. The molecule has 3 rings (SSSR count). The first-order chi connectivity index (χ1) is 7.90. The number of thioether (sulfide) groups is 1. The SMILES string of the molecule is CCC1C2CCCCC2SC2CCCCC21. The predicted octanol–water partition coefficient (Wildman–Crippen LogP) is 4.88. The second kappa shape index (κ2) is 4.92. The standard InChI is InChI=1S/C15H26S/c1-2-11-12-7-3-5-9-14(12)16-15-10-6-4-8-13(11)15/h11-15H,2-10H2,1H3. The Balaban J connectivity index is 1.78. The van der Waals surface area contributed by atoms with Crippen LogP contribution >= 0.6 is 11.8 Å². The Morgan fingerprint density at radius 2 is 1.31 bits per heavy atom. The van der Waals surface area contributed by atoms with Gasteiger partial charge in [0, 0.05) is 10.5 Å². The van der Waals surface area contributed by atoms with Gasteiger partial charge in [0.25, 0.3) is 0 Å². The fourth-order valence-corrected chi connectivity index (χ4v) is 6.85. The van der Waals surface area contributed by atoms with E-state index in [0.29, 0.717) is 0 Å². The van der Waals surface area contributed by atoms with Crippen molar-refractivity contribution in [1.82, 2.24) is 0 Å². The molecule has 4 unspecified atom stereocenters. The van der Waals surface area contributed by atoms with Crippen molar-refractivity contribution < 1.29 is 0 Å². The van der Waals surface area contributed by atoms with Crippen molar-refractivity contribution in [3.63, 3.8) is 0 Å². The smallest absolute Gasteiger partial charge is 0.00809 e. The van der Waals surface area contributed by atoms with E-state index in [1.807, 2.05) is 0 Å². The van der Waals surface area contributed by atoms with Gasteiger partial charge >= 0.3 is 0 Å². The normalized spacial score (nSPS) is 48.2. The van der Waals surface area contributed by atoms with Crippen LogP contribution in [0.4, 0.5) is 0 Å². The Hall–Kier alpha value is 0.350. The van der Waals surface area contributed by atoms with Crippen LogP contribution in [0, 0.1) is 17.8 Å². The predicted molar refractivity (Wildman–Crippen MR) is 72.9 cm³/mol. The summed E-state index contributed by atoms with van der Waals surface area (Å²) in [5.41, 5.74) is 0. The minimum Gasteiger partial charge on any atom is -0.155 e. The molecule has 1 aliphatic heterocycles. The molecule has 92 valence electrons. The van der Waals surface area contributed by atoms with Gasteiger partial charge in [0.1, 0.15) is 0 Å². The van der Waals surface area contributed by atoms with E-state index in [2.05, 4.69) is 18.7 Å². The van der Waals surface area contributed by atoms with Crippen molar-refractivity contribution in [2.75, 3.05) is 0 Å². The molecule has 2 saturated carbocycles. The summed E-state index contributed by atoms with van der Waals surface area (Å²) in [4.78, 5) is 0. The lowest BCUT2D eigenvalue weighted by Gasteiger charge is -2.51. The minimum absolute atomic E-state index is 1.05. The zero-order chi connectivity index (χ0) is 11.0. The van der Waals surface area contributed by atoms with Gasteiger partial charge in [0.05, 0.1) is 0 Å². The molecule has 0 bridgehead atoms. The van der Waals surface area contributed by atoms with Gasteiger partial charge in [-0.15, -0.1) is 0 Å². The Morgan fingerprint density at radius 1 is 0.812 bits per heavy atom. The lowest BCUT2D eigenvalue weighted by Crippen LogP contribution is -2.44. The van der Waals surface area contributed by atoms with Crippen molar-refractivity contribution in [1.29, 1.82) is 0 Å². The molecule has 3 aliphatic rings. The lowest BCUT2D eigenvalue weighted by molar-refractivity contribution is 0.134.